The second kappa shape index (κ2) is 7.24. The van der Waals surface area contributed by atoms with Gasteiger partial charge in [0.1, 0.15) is 0 Å². The molecule has 0 aliphatic carbocycles. The van der Waals surface area contributed by atoms with Gasteiger partial charge in [0.05, 0.1) is 0 Å². The Kier molecular flexibility index (Phi) is 6.26. The summed E-state index contributed by atoms with van der Waals surface area (Å²) in [6.45, 7) is 4.48. The van der Waals surface area contributed by atoms with Crippen molar-refractivity contribution in [1.29, 1.82) is 0 Å². The average molecular weight is 214 g/mol. The lowest BCUT2D eigenvalue weighted by Gasteiger charge is -2.06. The van der Waals surface area contributed by atoms with Crippen LogP contribution in [0.4, 0.5) is 0 Å². The van der Waals surface area contributed by atoms with Gasteiger partial charge in [-0.2, -0.15) is 9.78 Å². The fraction of sp³-hybridized carbons (Fsp3) is 1.00. The summed E-state index contributed by atoms with van der Waals surface area (Å²) in [5, 5.41) is 0. The summed E-state index contributed by atoms with van der Waals surface area (Å²) >= 11 is 0. The zero-order chi connectivity index (χ0) is 11.0. The molecule has 0 aromatic rings. The van der Waals surface area contributed by atoms with Gasteiger partial charge in [0.2, 0.25) is 5.79 Å². The number of unbranched alkanes of at least 4 members (excludes halogenated alkanes) is 6. The normalized spacial score (nSPS) is 18.0. The average Bonchev–Trinajstić information content (AvgIpc) is 3.01. The third kappa shape index (κ3) is 5.53. The molecule has 0 spiro atoms. The standard InChI is InChI=1S/C13H26O2/c1-3-5-7-9-11-13(14-15-13)12-10-8-6-4-2/h3-12H2,1-2H3. The first-order chi connectivity index (χ1) is 7.33. The number of hydrogen-bond acceptors (Lipinski definition) is 2. The molecule has 2 heteroatoms. The Balaban J connectivity index is 1.96. The minimum atomic E-state index is -0.151. The van der Waals surface area contributed by atoms with Gasteiger partial charge in [-0.05, 0) is 12.8 Å². The summed E-state index contributed by atoms with van der Waals surface area (Å²) in [5.74, 6) is -0.151. The Labute approximate surface area is 94.3 Å². The van der Waals surface area contributed by atoms with E-state index in [4.69, 9.17) is 9.78 Å². The topological polar surface area (TPSA) is 25.1 Å². The monoisotopic (exact) mass is 214 g/mol. The highest BCUT2D eigenvalue weighted by atomic mass is 17.4. The molecule has 0 N–H and O–H groups in total. The maximum absolute atomic E-state index is 5.16. The second-order valence-electron chi connectivity index (χ2n) is 4.70. The fourth-order valence-corrected chi connectivity index (χ4v) is 1.99. The van der Waals surface area contributed by atoms with Crippen LogP contribution < -0.4 is 0 Å². The smallest absolute Gasteiger partial charge is 0.195 e. The van der Waals surface area contributed by atoms with Gasteiger partial charge >= 0.3 is 0 Å². The molecule has 0 saturated carbocycles. The third-order valence-corrected chi connectivity index (χ3v) is 3.14. The Morgan fingerprint density at radius 1 is 0.667 bits per heavy atom. The van der Waals surface area contributed by atoms with E-state index in [1.807, 2.05) is 0 Å². The molecule has 0 atom stereocenters. The van der Waals surface area contributed by atoms with Crippen LogP contribution >= 0.6 is 0 Å². The molecule has 0 aromatic heterocycles. The van der Waals surface area contributed by atoms with Crippen LogP contribution in [0, 0.1) is 0 Å². The maximum Gasteiger partial charge on any atom is 0.234 e. The molecule has 2 nitrogen and oxygen atoms in total. The Bertz CT molecular complexity index is 139. The van der Waals surface area contributed by atoms with Crippen molar-refractivity contribution >= 4 is 0 Å². The number of hydrogen-bond donors (Lipinski definition) is 0. The molecular weight excluding hydrogens is 188 g/mol. The lowest BCUT2D eigenvalue weighted by atomic mass is 10.0. The van der Waals surface area contributed by atoms with Gasteiger partial charge in [0.15, 0.2) is 0 Å². The lowest BCUT2D eigenvalue weighted by molar-refractivity contribution is 0.0850. The van der Waals surface area contributed by atoms with Gasteiger partial charge in [0, 0.05) is 12.8 Å². The highest BCUT2D eigenvalue weighted by molar-refractivity contribution is 4.74. The van der Waals surface area contributed by atoms with Crippen molar-refractivity contribution in [3.8, 4) is 0 Å². The SMILES string of the molecule is CCCCCCC1(CCCCCC)OO1. The van der Waals surface area contributed by atoms with Gasteiger partial charge < -0.3 is 0 Å². The minimum Gasteiger partial charge on any atom is -0.195 e. The molecule has 0 aromatic carbocycles. The highest BCUT2D eigenvalue weighted by Crippen LogP contribution is 2.40. The highest BCUT2D eigenvalue weighted by Gasteiger charge is 2.47. The molecule has 1 fully saturated rings. The molecule has 1 saturated heterocycles. The molecule has 0 bridgehead atoms. The van der Waals surface area contributed by atoms with Crippen LogP contribution in [0.15, 0.2) is 0 Å². The van der Waals surface area contributed by atoms with Crippen molar-refractivity contribution in [1.82, 2.24) is 0 Å². The molecule has 1 rings (SSSR count). The van der Waals surface area contributed by atoms with Gasteiger partial charge in [-0.3, -0.25) is 0 Å². The fourth-order valence-electron chi connectivity index (χ4n) is 1.99. The summed E-state index contributed by atoms with van der Waals surface area (Å²) in [4.78, 5) is 10.3. The summed E-state index contributed by atoms with van der Waals surface area (Å²) < 4.78 is 0. The molecular formula is C13H26O2. The first-order valence-corrected chi connectivity index (χ1v) is 6.70. The van der Waals surface area contributed by atoms with Crippen LogP contribution in [0.5, 0.6) is 0 Å². The summed E-state index contributed by atoms with van der Waals surface area (Å²) in [5.41, 5.74) is 0. The van der Waals surface area contributed by atoms with E-state index < -0.39 is 0 Å². The van der Waals surface area contributed by atoms with E-state index in [2.05, 4.69) is 13.8 Å². The van der Waals surface area contributed by atoms with E-state index in [1.165, 1.54) is 51.4 Å². The molecule has 90 valence electrons. The summed E-state index contributed by atoms with van der Waals surface area (Å²) in [6, 6.07) is 0. The third-order valence-electron chi connectivity index (χ3n) is 3.14. The predicted octanol–water partition coefficient (Wildman–Crippen LogP) is 4.59. The zero-order valence-electron chi connectivity index (χ0n) is 10.4. The Hall–Kier alpha value is -0.0800. The largest absolute Gasteiger partial charge is 0.234 e. The van der Waals surface area contributed by atoms with E-state index >= 15 is 0 Å². The molecule has 15 heavy (non-hydrogen) atoms. The van der Waals surface area contributed by atoms with E-state index in [0.717, 1.165) is 12.8 Å². The van der Waals surface area contributed by atoms with Crippen LogP contribution in [-0.4, -0.2) is 5.79 Å². The van der Waals surface area contributed by atoms with E-state index in [-0.39, 0.29) is 5.79 Å². The molecule has 1 aliphatic heterocycles. The first kappa shape index (κ1) is 13.0. The lowest BCUT2D eigenvalue weighted by Crippen LogP contribution is -2.09. The Morgan fingerprint density at radius 3 is 1.47 bits per heavy atom. The van der Waals surface area contributed by atoms with Gasteiger partial charge in [-0.25, -0.2) is 0 Å². The van der Waals surface area contributed by atoms with E-state index in [9.17, 15) is 0 Å². The maximum atomic E-state index is 5.16. The van der Waals surface area contributed by atoms with Crippen LogP contribution in [0.25, 0.3) is 0 Å². The van der Waals surface area contributed by atoms with Crippen molar-refractivity contribution in [2.24, 2.45) is 0 Å². The molecule has 1 aliphatic rings. The van der Waals surface area contributed by atoms with Crippen molar-refractivity contribution in [2.75, 3.05) is 0 Å². The molecule has 0 unspecified atom stereocenters. The van der Waals surface area contributed by atoms with Crippen molar-refractivity contribution in [3.63, 3.8) is 0 Å². The van der Waals surface area contributed by atoms with Crippen molar-refractivity contribution < 1.29 is 9.78 Å². The van der Waals surface area contributed by atoms with Gasteiger partial charge in [-0.1, -0.05) is 52.4 Å². The molecule has 0 amide bonds. The Morgan fingerprint density at radius 2 is 1.13 bits per heavy atom. The minimum absolute atomic E-state index is 0.151. The van der Waals surface area contributed by atoms with Crippen LogP contribution in [0.2, 0.25) is 0 Å². The van der Waals surface area contributed by atoms with E-state index in [1.54, 1.807) is 0 Å². The zero-order valence-corrected chi connectivity index (χ0v) is 10.4. The van der Waals surface area contributed by atoms with Crippen LogP contribution in [-0.2, 0) is 9.78 Å². The van der Waals surface area contributed by atoms with Crippen molar-refractivity contribution in [2.45, 2.75) is 83.8 Å². The molecule has 0 radical (unpaired) electrons. The van der Waals surface area contributed by atoms with Gasteiger partial charge in [0.25, 0.3) is 0 Å². The quantitative estimate of drug-likeness (QED) is 0.302. The van der Waals surface area contributed by atoms with Crippen LogP contribution in [0.1, 0.15) is 78.1 Å². The van der Waals surface area contributed by atoms with E-state index in [0.29, 0.717) is 0 Å². The summed E-state index contributed by atoms with van der Waals surface area (Å²) in [6.07, 6.45) is 12.6. The first-order valence-electron chi connectivity index (χ1n) is 6.70. The van der Waals surface area contributed by atoms with Crippen LogP contribution in [0.3, 0.4) is 0 Å². The number of rotatable bonds is 10. The van der Waals surface area contributed by atoms with Crippen molar-refractivity contribution in [3.05, 3.63) is 0 Å². The second-order valence-corrected chi connectivity index (χ2v) is 4.70. The summed E-state index contributed by atoms with van der Waals surface area (Å²) in [7, 11) is 0. The molecule has 1 heterocycles. The van der Waals surface area contributed by atoms with Gasteiger partial charge in [-0.15, -0.1) is 0 Å². The predicted molar refractivity (Wildman–Crippen MR) is 62.4 cm³/mol.